The minimum absolute atomic E-state index is 0.0689. The van der Waals surface area contributed by atoms with Gasteiger partial charge in [-0.15, -0.1) is 0 Å². The molecular weight excluding hydrogens is 222 g/mol. The largest absolute Gasteiger partial charge is 0.477 e. The van der Waals surface area contributed by atoms with Crippen LogP contribution in [-0.4, -0.2) is 44.9 Å². The quantitative estimate of drug-likeness (QED) is 0.752. The molecule has 0 aliphatic carbocycles. The molecule has 0 atom stereocenters. The molecule has 0 saturated carbocycles. The van der Waals surface area contributed by atoms with E-state index in [-0.39, 0.29) is 11.4 Å². The summed E-state index contributed by atoms with van der Waals surface area (Å²) in [4.78, 5) is 30.6. The van der Waals surface area contributed by atoms with E-state index in [2.05, 4.69) is 16.5 Å². The zero-order chi connectivity index (χ0) is 13.0. The van der Waals surface area contributed by atoms with Crippen LogP contribution in [0.25, 0.3) is 0 Å². The maximum absolute atomic E-state index is 12.0. The van der Waals surface area contributed by atoms with Gasteiger partial charge in [0.05, 0.1) is 6.33 Å². The minimum atomic E-state index is -1.20. The first-order valence-electron chi connectivity index (χ1n) is 5.17. The van der Waals surface area contributed by atoms with Crippen molar-refractivity contribution in [1.82, 2.24) is 14.9 Å². The van der Waals surface area contributed by atoms with Gasteiger partial charge in [0.15, 0.2) is 11.4 Å². The van der Waals surface area contributed by atoms with E-state index in [9.17, 15) is 9.59 Å². The van der Waals surface area contributed by atoms with Crippen LogP contribution in [0.15, 0.2) is 18.5 Å². The van der Waals surface area contributed by atoms with E-state index in [1.807, 2.05) is 6.92 Å². The van der Waals surface area contributed by atoms with Crippen molar-refractivity contribution in [2.24, 2.45) is 0 Å². The molecule has 1 heterocycles. The lowest BCUT2D eigenvalue weighted by atomic mass is 10.2. The van der Waals surface area contributed by atoms with Gasteiger partial charge < -0.3 is 15.0 Å². The first kappa shape index (κ1) is 13.0. The van der Waals surface area contributed by atoms with Crippen LogP contribution < -0.4 is 0 Å². The minimum Gasteiger partial charge on any atom is -0.477 e. The van der Waals surface area contributed by atoms with Crippen LogP contribution >= 0.6 is 0 Å². The first-order chi connectivity index (χ1) is 7.97. The zero-order valence-corrected chi connectivity index (χ0v) is 9.86. The van der Waals surface area contributed by atoms with Crippen LogP contribution in [-0.2, 0) is 0 Å². The summed E-state index contributed by atoms with van der Waals surface area (Å²) in [7, 11) is 0. The third-order valence-electron chi connectivity index (χ3n) is 2.19. The predicted octanol–water partition coefficient (Wildman–Crippen LogP) is 1.15. The highest BCUT2D eigenvalue weighted by Crippen LogP contribution is 2.08. The van der Waals surface area contributed by atoms with Crippen molar-refractivity contribution >= 4 is 11.9 Å². The Hall–Kier alpha value is -2.11. The number of hydrogen-bond acceptors (Lipinski definition) is 3. The molecule has 0 aromatic carbocycles. The van der Waals surface area contributed by atoms with E-state index < -0.39 is 11.9 Å². The predicted molar refractivity (Wildman–Crippen MR) is 61.9 cm³/mol. The number of amides is 1. The molecule has 92 valence electrons. The van der Waals surface area contributed by atoms with Crippen molar-refractivity contribution in [2.75, 3.05) is 13.1 Å². The molecule has 1 aromatic heterocycles. The molecule has 0 fully saturated rings. The van der Waals surface area contributed by atoms with Gasteiger partial charge >= 0.3 is 5.97 Å². The molecule has 2 N–H and O–H groups in total. The number of nitrogens with zero attached hydrogens (tertiary/aromatic N) is 2. The number of likely N-dealkylation sites (N-methyl/N-ethyl adjacent to an activating group) is 1. The molecule has 0 saturated heterocycles. The Morgan fingerprint density at radius 3 is 2.71 bits per heavy atom. The number of aromatic amines is 1. The van der Waals surface area contributed by atoms with Crippen molar-refractivity contribution in [3.05, 3.63) is 29.9 Å². The molecule has 0 aliphatic heterocycles. The molecule has 17 heavy (non-hydrogen) atoms. The summed E-state index contributed by atoms with van der Waals surface area (Å²) >= 11 is 0. The van der Waals surface area contributed by atoms with Gasteiger partial charge in [-0.2, -0.15) is 0 Å². The van der Waals surface area contributed by atoms with E-state index >= 15 is 0 Å². The van der Waals surface area contributed by atoms with Gasteiger partial charge in [0.1, 0.15) is 0 Å². The fraction of sp³-hybridized carbons (Fsp3) is 0.364. The topological polar surface area (TPSA) is 86.3 Å². The summed E-state index contributed by atoms with van der Waals surface area (Å²) in [6.45, 7) is 8.20. The van der Waals surface area contributed by atoms with Gasteiger partial charge in [-0.25, -0.2) is 9.78 Å². The molecule has 1 rings (SSSR count). The molecule has 6 nitrogen and oxygen atoms in total. The number of aromatic carboxylic acids is 1. The normalized spacial score (nSPS) is 10.0. The second-order valence-electron chi connectivity index (χ2n) is 3.71. The van der Waals surface area contributed by atoms with Crippen molar-refractivity contribution in [3.8, 4) is 0 Å². The standard InChI is InChI=1S/C11H15N3O3/c1-4-14(5-7(2)3)10(15)8-9(11(16)17)13-6-12-8/h6H,2,4-5H2,1,3H3,(H,12,13)(H,16,17). The van der Waals surface area contributed by atoms with Crippen molar-refractivity contribution in [3.63, 3.8) is 0 Å². The fourth-order valence-corrected chi connectivity index (χ4v) is 1.42. The SMILES string of the molecule is C=C(C)CN(CC)C(=O)c1nc[nH]c1C(=O)O. The van der Waals surface area contributed by atoms with Crippen LogP contribution in [0.3, 0.4) is 0 Å². The Kier molecular flexibility index (Phi) is 4.03. The first-order valence-corrected chi connectivity index (χ1v) is 5.17. The number of carboxylic acids is 1. The average molecular weight is 237 g/mol. The second-order valence-corrected chi connectivity index (χ2v) is 3.71. The molecule has 6 heteroatoms. The lowest BCUT2D eigenvalue weighted by Gasteiger charge is -2.19. The number of H-pyrrole nitrogens is 1. The Morgan fingerprint density at radius 2 is 2.24 bits per heavy atom. The molecule has 0 aliphatic rings. The number of aromatic nitrogens is 2. The highest BCUT2D eigenvalue weighted by atomic mass is 16.4. The summed E-state index contributed by atoms with van der Waals surface area (Å²) < 4.78 is 0. The maximum atomic E-state index is 12.0. The fourth-order valence-electron chi connectivity index (χ4n) is 1.42. The van der Waals surface area contributed by atoms with E-state index in [0.717, 1.165) is 5.57 Å². The lowest BCUT2D eigenvalue weighted by Crippen LogP contribution is -2.33. The molecule has 1 aromatic rings. The van der Waals surface area contributed by atoms with Gasteiger partial charge in [-0.05, 0) is 13.8 Å². The molecular formula is C11H15N3O3. The van der Waals surface area contributed by atoms with Crippen molar-refractivity contribution in [2.45, 2.75) is 13.8 Å². The second kappa shape index (κ2) is 5.29. The number of rotatable bonds is 5. The Balaban J connectivity index is 2.97. The van der Waals surface area contributed by atoms with E-state index in [1.165, 1.54) is 11.2 Å². The van der Waals surface area contributed by atoms with E-state index in [4.69, 9.17) is 5.11 Å². The molecule has 0 spiro atoms. The monoisotopic (exact) mass is 237 g/mol. The smallest absolute Gasteiger partial charge is 0.354 e. The third-order valence-corrected chi connectivity index (χ3v) is 2.19. The molecule has 0 radical (unpaired) electrons. The van der Waals surface area contributed by atoms with E-state index in [1.54, 1.807) is 6.92 Å². The zero-order valence-electron chi connectivity index (χ0n) is 9.86. The highest BCUT2D eigenvalue weighted by Gasteiger charge is 2.23. The molecule has 0 bridgehead atoms. The van der Waals surface area contributed by atoms with Crippen LogP contribution in [0.1, 0.15) is 34.8 Å². The lowest BCUT2D eigenvalue weighted by molar-refractivity contribution is 0.0672. The number of nitrogens with one attached hydrogen (secondary N) is 1. The van der Waals surface area contributed by atoms with Crippen LogP contribution in [0.2, 0.25) is 0 Å². The summed E-state index contributed by atoms with van der Waals surface area (Å²) in [5, 5.41) is 8.88. The van der Waals surface area contributed by atoms with Crippen molar-refractivity contribution < 1.29 is 14.7 Å². The maximum Gasteiger partial charge on any atom is 0.354 e. The van der Waals surface area contributed by atoms with Gasteiger partial charge in [-0.3, -0.25) is 4.79 Å². The van der Waals surface area contributed by atoms with Crippen LogP contribution in [0.5, 0.6) is 0 Å². The number of hydrogen-bond donors (Lipinski definition) is 2. The third kappa shape index (κ3) is 2.93. The Labute approximate surface area is 99.0 Å². The van der Waals surface area contributed by atoms with Gasteiger partial charge in [0.2, 0.25) is 0 Å². The Morgan fingerprint density at radius 1 is 1.59 bits per heavy atom. The van der Waals surface area contributed by atoms with Crippen molar-refractivity contribution in [1.29, 1.82) is 0 Å². The van der Waals surface area contributed by atoms with Gasteiger partial charge in [-0.1, -0.05) is 12.2 Å². The van der Waals surface area contributed by atoms with Gasteiger partial charge in [0.25, 0.3) is 5.91 Å². The average Bonchev–Trinajstić information content (AvgIpc) is 2.73. The number of carbonyl (C=O) groups excluding carboxylic acids is 1. The number of carbonyl (C=O) groups is 2. The van der Waals surface area contributed by atoms with E-state index in [0.29, 0.717) is 13.1 Å². The highest BCUT2D eigenvalue weighted by molar-refractivity contribution is 6.02. The molecule has 0 unspecified atom stereocenters. The van der Waals surface area contributed by atoms with Crippen LogP contribution in [0, 0.1) is 0 Å². The summed E-state index contributed by atoms with van der Waals surface area (Å²) in [6, 6.07) is 0. The number of imidazole rings is 1. The summed E-state index contributed by atoms with van der Waals surface area (Å²) in [5.74, 6) is -1.61. The Bertz CT molecular complexity index is 451. The number of carboxylic acid groups (broad SMARTS) is 1. The van der Waals surface area contributed by atoms with Crippen LogP contribution in [0.4, 0.5) is 0 Å². The van der Waals surface area contributed by atoms with Gasteiger partial charge in [0, 0.05) is 13.1 Å². The molecule has 1 amide bonds. The summed E-state index contributed by atoms with van der Waals surface area (Å²) in [6.07, 6.45) is 1.20. The summed E-state index contributed by atoms with van der Waals surface area (Å²) in [5.41, 5.74) is 0.573.